The summed E-state index contributed by atoms with van der Waals surface area (Å²) in [5.74, 6) is 0. The maximum absolute atomic E-state index is 4.55. The van der Waals surface area contributed by atoms with Gasteiger partial charge in [-0.25, -0.2) is 0 Å². The van der Waals surface area contributed by atoms with E-state index >= 15 is 0 Å². The van der Waals surface area contributed by atoms with E-state index in [1.54, 1.807) is 16.0 Å². The first-order valence-electron chi connectivity index (χ1n) is 23.9. The van der Waals surface area contributed by atoms with E-state index < -0.39 is 0 Å². The van der Waals surface area contributed by atoms with Crippen LogP contribution < -0.4 is 25.5 Å². The summed E-state index contributed by atoms with van der Waals surface area (Å²) < 4.78 is 1.54. The third kappa shape index (κ3) is 5.17. The van der Waals surface area contributed by atoms with Crippen molar-refractivity contribution in [3.8, 4) is 0 Å². The molecule has 0 saturated heterocycles. The molecule has 320 valence electrons. The van der Waals surface area contributed by atoms with Crippen LogP contribution in [-0.2, 0) is 37.9 Å². The molecule has 0 N–H and O–H groups in total. The van der Waals surface area contributed by atoms with Gasteiger partial charge in [-0.3, -0.25) is 0 Å². The predicted molar refractivity (Wildman–Crippen MR) is 271 cm³/mol. The second kappa shape index (κ2) is 12.2. The summed E-state index contributed by atoms with van der Waals surface area (Å²) in [6.07, 6.45) is 9.26. The number of rotatable bonds is 2. The molecule has 4 aromatic carbocycles. The smallest absolute Gasteiger partial charge is 0.264 e. The van der Waals surface area contributed by atoms with Gasteiger partial charge in [-0.05, 0) is 164 Å². The molecular weight excluding hydrogens is 768 g/mol. The summed E-state index contributed by atoms with van der Waals surface area (Å²) in [4.78, 5) is 7.15. The lowest BCUT2D eigenvalue weighted by molar-refractivity contribution is 0.331. The number of thiophene rings is 1. The van der Waals surface area contributed by atoms with Crippen LogP contribution in [0.25, 0.3) is 6.08 Å². The molecule has 4 heterocycles. The van der Waals surface area contributed by atoms with Gasteiger partial charge in [0.1, 0.15) is 0 Å². The molecule has 0 saturated carbocycles. The monoisotopic (exact) mass is 837 g/mol. The van der Waals surface area contributed by atoms with Crippen molar-refractivity contribution in [3.05, 3.63) is 116 Å². The molecule has 0 spiro atoms. The van der Waals surface area contributed by atoms with Crippen molar-refractivity contribution < 1.29 is 0 Å². The maximum atomic E-state index is 4.55. The van der Waals surface area contributed by atoms with Gasteiger partial charge in [0.2, 0.25) is 0 Å². The Morgan fingerprint density at radius 2 is 1.19 bits per heavy atom. The van der Waals surface area contributed by atoms with Crippen molar-refractivity contribution in [2.75, 3.05) is 9.80 Å². The first-order valence-corrected chi connectivity index (χ1v) is 24.7. The van der Waals surface area contributed by atoms with Gasteiger partial charge in [0.15, 0.2) is 0 Å². The van der Waals surface area contributed by atoms with Crippen molar-refractivity contribution in [3.63, 3.8) is 0 Å². The highest BCUT2D eigenvalue weighted by atomic mass is 32.1. The average Bonchev–Trinajstić information content (AvgIpc) is 3.61. The minimum absolute atomic E-state index is 0.0137. The van der Waals surface area contributed by atoms with Gasteiger partial charge in [0.05, 0.1) is 11.4 Å². The van der Waals surface area contributed by atoms with Gasteiger partial charge >= 0.3 is 0 Å². The standard InChI is InChI=1S/C58H69BN2S/c1-17-34-30-35(52(3,4)5)31-40-47(34)61-43-29-33(2)28-42-46(43)59(51-49(61)45-50(62-51)57(14,15)26-27-58(40,45)16)41-21-20-38-44(56(12,13)25-24-54(38,8)9)48(41)60(42)36-18-19-37-39(32-36)55(10,11)23-22-53(37,6)7/h17-21,28-32H,1,22-27H2,2-16H3. The molecule has 11 rings (SSSR count). The fourth-order valence-corrected chi connectivity index (χ4v) is 15.0. The van der Waals surface area contributed by atoms with Crippen molar-refractivity contribution >= 4 is 74.0 Å². The van der Waals surface area contributed by atoms with Crippen LogP contribution in [0, 0.1) is 6.92 Å². The zero-order valence-corrected chi connectivity index (χ0v) is 41.4. The van der Waals surface area contributed by atoms with Crippen LogP contribution in [0.3, 0.4) is 0 Å². The summed E-state index contributed by atoms with van der Waals surface area (Å²) in [5.41, 5.74) is 24.8. The highest BCUT2D eigenvalue weighted by Gasteiger charge is 2.57. The third-order valence-electron chi connectivity index (χ3n) is 17.5. The maximum Gasteiger partial charge on any atom is 0.264 e. The van der Waals surface area contributed by atoms with Crippen LogP contribution >= 0.6 is 11.3 Å². The lowest BCUT2D eigenvalue weighted by Gasteiger charge is -2.52. The fourth-order valence-electron chi connectivity index (χ4n) is 13.4. The molecule has 6 aliphatic rings. The highest BCUT2D eigenvalue weighted by Crippen LogP contribution is 2.64. The van der Waals surface area contributed by atoms with E-state index in [1.807, 2.05) is 0 Å². The topological polar surface area (TPSA) is 6.48 Å². The summed E-state index contributed by atoms with van der Waals surface area (Å²) in [6.45, 7) is 41.8. The normalized spacial score (nSPS) is 23.4. The SMILES string of the molecule is C=Cc1cc(C(C)(C)C)cc2c1N1c3cc(C)cc4c3B(c3ccc5c(c3N4c3ccc4c(c3)C(C)(C)CCC4(C)C)C(C)(C)CCC5(C)C)c3sc4c(c31)C2(C)CCC4(C)C. The quantitative estimate of drug-likeness (QED) is 0.160. The lowest BCUT2D eigenvalue weighted by atomic mass is 9.35. The summed E-state index contributed by atoms with van der Waals surface area (Å²) in [6, 6.07) is 23.0. The van der Waals surface area contributed by atoms with Gasteiger partial charge in [0, 0.05) is 43.4 Å². The molecule has 0 radical (unpaired) electrons. The number of benzene rings is 4. The Hall–Kier alpha value is -4.02. The zero-order chi connectivity index (χ0) is 44.2. The zero-order valence-electron chi connectivity index (χ0n) is 40.6. The van der Waals surface area contributed by atoms with E-state index in [0.29, 0.717) is 0 Å². The van der Waals surface area contributed by atoms with E-state index in [-0.39, 0.29) is 44.6 Å². The number of anilines is 6. The molecule has 1 atom stereocenters. The summed E-state index contributed by atoms with van der Waals surface area (Å²) >= 11 is 2.16. The molecule has 4 heteroatoms. The van der Waals surface area contributed by atoms with E-state index in [9.17, 15) is 0 Å². The molecule has 0 bridgehead atoms. The largest absolute Gasteiger partial charge is 0.311 e. The van der Waals surface area contributed by atoms with Crippen LogP contribution in [0.5, 0.6) is 0 Å². The van der Waals surface area contributed by atoms with E-state index in [2.05, 4.69) is 192 Å². The second-order valence-electron chi connectivity index (χ2n) is 25.2. The van der Waals surface area contributed by atoms with Crippen molar-refractivity contribution in [2.24, 2.45) is 0 Å². The van der Waals surface area contributed by atoms with E-state index in [1.165, 1.54) is 121 Å². The molecule has 1 unspecified atom stereocenters. The predicted octanol–water partition coefficient (Wildman–Crippen LogP) is 14.5. The van der Waals surface area contributed by atoms with Gasteiger partial charge in [-0.2, -0.15) is 11.3 Å². The second-order valence-corrected chi connectivity index (χ2v) is 26.2. The average molecular weight is 837 g/mol. The lowest BCUT2D eigenvalue weighted by Crippen LogP contribution is -2.62. The molecule has 0 amide bonds. The Morgan fingerprint density at radius 3 is 1.85 bits per heavy atom. The molecule has 5 aromatic rings. The molecule has 3 aliphatic carbocycles. The molecule has 0 fully saturated rings. The number of fused-ring (bicyclic) bond motifs is 10. The first-order chi connectivity index (χ1) is 28.8. The Labute approximate surface area is 378 Å². The minimum atomic E-state index is -0.0982. The molecule has 62 heavy (non-hydrogen) atoms. The van der Waals surface area contributed by atoms with Gasteiger partial charge in [-0.15, -0.1) is 0 Å². The third-order valence-corrected chi connectivity index (χ3v) is 19.1. The highest BCUT2D eigenvalue weighted by molar-refractivity contribution is 7.29. The number of hydrogen-bond acceptors (Lipinski definition) is 3. The van der Waals surface area contributed by atoms with E-state index in [4.69, 9.17) is 0 Å². The van der Waals surface area contributed by atoms with Crippen molar-refractivity contribution in [1.82, 2.24) is 0 Å². The molecular formula is C58H69BN2S. The Bertz CT molecular complexity index is 2830. The molecule has 1 aromatic heterocycles. The van der Waals surface area contributed by atoms with Crippen molar-refractivity contribution in [2.45, 2.75) is 180 Å². The number of nitrogens with zero attached hydrogens (tertiary/aromatic N) is 2. The summed E-state index contributed by atoms with van der Waals surface area (Å²) in [7, 11) is 0. The number of aryl methyl sites for hydroxylation is 1. The first kappa shape index (κ1) is 40.7. The van der Waals surface area contributed by atoms with E-state index in [0.717, 1.165) is 6.42 Å². The Morgan fingerprint density at radius 1 is 0.597 bits per heavy atom. The van der Waals surface area contributed by atoms with Crippen LogP contribution in [0.4, 0.5) is 34.1 Å². The Kier molecular flexibility index (Phi) is 8.02. The fraction of sp³-hybridized carbons (Fsp3) is 0.483. The van der Waals surface area contributed by atoms with Crippen molar-refractivity contribution in [1.29, 1.82) is 0 Å². The molecule has 3 aliphatic heterocycles. The molecule has 2 nitrogen and oxygen atoms in total. The minimum Gasteiger partial charge on any atom is -0.311 e. The van der Waals surface area contributed by atoms with Crippen LogP contribution in [-0.4, -0.2) is 6.71 Å². The van der Waals surface area contributed by atoms with Crippen LogP contribution in [0.15, 0.2) is 61.2 Å². The van der Waals surface area contributed by atoms with Gasteiger partial charge in [-0.1, -0.05) is 134 Å². The van der Waals surface area contributed by atoms with Crippen LogP contribution in [0.1, 0.15) is 190 Å². The number of hydrogen-bond donors (Lipinski definition) is 0. The van der Waals surface area contributed by atoms with Gasteiger partial charge in [0.25, 0.3) is 6.71 Å². The van der Waals surface area contributed by atoms with Gasteiger partial charge < -0.3 is 9.80 Å². The summed E-state index contributed by atoms with van der Waals surface area (Å²) in [5, 5.41) is 0. The van der Waals surface area contributed by atoms with Crippen LogP contribution in [0.2, 0.25) is 0 Å². The Balaban J connectivity index is 1.30.